The molecule has 0 saturated carbocycles. The zero-order valence-electron chi connectivity index (χ0n) is 15.2. The number of amides is 2. The Labute approximate surface area is 156 Å². The summed E-state index contributed by atoms with van der Waals surface area (Å²) in [4.78, 5) is 23.6. The van der Waals surface area contributed by atoms with Gasteiger partial charge in [-0.15, -0.1) is 12.4 Å². The maximum absolute atomic E-state index is 12.0. The first-order valence-electron chi connectivity index (χ1n) is 8.47. The normalized spacial score (nSPS) is 17.6. The van der Waals surface area contributed by atoms with Crippen molar-refractivity contribution in [2.45, 2.75) is 52.1 Å². The summed E-state index contributed by atoms with van der Waals surface area (Å²) in [7, 11) is -3.17. The summed E-state index contributed by atoms with van der Waals surface area (Å²) in [5.74, 6) is -0.469. The van der Waals surface area contributed by atoms with Gasteiger partial charge in [-0.1, -0.05) is 20.8 Å². The van der Waals surface area contributed by atoms with E-state index in [9.17, 15) is 18.0 Å². The Morgan fingerprint density at radius 3 is 2.28 bits per heavy atom. The molecule has 0 radical (unpaired) electrons. The molecule has 8 nitrogen and oxygen atoms in total. The Kier molecular flexibility index (Phi) is 10.6. The van der Waals surface area contributed by atoms with Crippen molar-refractivity contribution in [3.05, 3.63) is 0 Å². The number of nitrogens with zero attached hydrogens (tertiary/aromatic N) is 1. The Morgan fingerprint density at radius 2 is 1.80 bits per heavy atom. The number of sulfonamides is 1. The quantitative estimate of drug-likeness (QED) is 0.524. The molecule has 1 rings (SSSR count). The summed E-state index contributed by atoms with van der Waals surface area (Å²) in [5.41, 5.74) is 5.70. The van der Waals surface area contributed by atoms with Crippen LogP contribution in [0.5, 0.6) is 0 Å². The van der Waals surface area contributed by atoms with Gasteiger partial charge in [0.1, 0.15) is 0 Å². The first-order chi connectivity index (χ1) is 11.2. The molecule has 2 amide bonds. The molecule has 1 atom stereocenters. The molecule has 10 heteroatoms. The lowest BCUT2D eigenvalue weighted by molar-refractivity contribution is -0.127. The summed E-state index contributed by atoms with van der Waals surface area (Å²) in [6.07, 6.45) is 1.75. The maximum Gasteiger partial charge on any atom is 0.239 e. The summed E-state index contributed by atoms with van der Waals surface area (Å²) in [6, 6.07) is -0.703. The van der Waals surface area contributed by atoms with Crippen LogP contribution in [-0.2, 0) is 19.6 Å². The fourth-order valence-corrected chi connectivity index (χ4v) is 4.07. The number of hydrogen-bond donors (Lipinski definition) is 3. The van der Waals surface area contributed by atoms with Gasteiger partial charge in [0, 0.05) is 19.1 Å². The van der Waals surface area contributed by atoms with Crippen LogP contribution in [0.2, 0.25) is 0 Å². The molecule has 0 spiro atoms. The Hall–Kier alpha value is -0.900. The Balaban J connectivity index is 0.00000576. The standard InChI is InChI=1S/C15H30N4O4S.ClH/c1-4-9-24(22,23)19-7-5-12(6-8-19)18-13(20)10-17-15(21)14(16)11(2)3;/h11-12,14H,4-10,16H2,1-3H3,(H,17,21)(H,18,20);1H/t14-;/m0./s1. The topological polar surface area (TPSA) is 122 Å². The number of rotatable bonds is 8. The number of carbonyl (C=O) groups excluding carboxylic acids is 2. The van der Waals surface area contributed by atoms with Crippen LogP contribution in [-0.4, -0.2) is 62.0 Å². The van der Waals surface area contributed by atoms with Crippen molar-refractivity contribution < 1.29 is 18.0 Å². The molecule has 4 N–H and O–H groups in total. The highest BCUT2D eigenvalue weighted by atomic mass is 35.5. The van der Waals surface area contributed by atoms with Gasteiger partial charge >= 0.3 is 0 Å². The van der Waals surface area contributed by atoms with Crippen LogP contribution in [0, 0.1) is 5.92 Å². The minimum absolute atomic E-state index is 0. The molecule has 1 heterocycles. The number of halogens is 1. The second-order valence-electron chi connectivity index (χ2n) is 6.54. The van der Waals surface area contributed by atoms with Gasteiger partial charge < -0.3 is 16.4 Å². The fraction of sp³-hybridized carbons (Fsp3) is 0.867. The van der Waals surface area contributed by atoms with Crippen LogP contribution < -0.4 is 16.4 Å². The highest BCUT2D eigenvalue weighted by Gasteiger charge is 2.28. The van der Waals surface area contributed by atoms with E-state index in [4.69, 9.17) is 5.73 Å². The van der Waals surface area contributed by atoms with Crippen LogP contribution in [0.15, 0.2) is 0 Å². The molecule has 0 aliphatic carbocycles. The SMILES string of the molecule is CCCS(=O)(=O)N1CCC(NC(=O)CNC(=O)[C@@H](N)C(C)C)CC1.Cl. The van der Waals surface area contributed by atoms with Crippen molar-refractivity contribution >= 4 is 34.2 Å². The van der Waals surface area contributed by atoms with Crippen molar-refractivity contribution in [3.8, 4) is 0 Å². The molecule has 25 heavy (non-hydrogen) atoms. The van der Waals surface area contributed by atoms with Crippen LogP contribution in [0.4, 0.5) is 0 Å². The summed E-state index contributed by atoms with van der Waals surface area (Å²) >= 11 is 0. The molecule has 0 unspecified atom stereocenters. The highest BCUT2D eigenvalue weighted by Crippen LogP contribution is 2.15. The molecule has 0 aromatic carbocycles. The second kappa shape index (κ2) is 10.9. The van der Waals surface area contributed by atoms with Crippen molar-refractivity contribution in [3.63, 3.8) is 0 Å². The van der Waals surface area contributed by atoms with Gasteiger partial charge in [0.25, 0.3) is 0 Å². The summed E-state index contributed by atoms with van der Waals surface area (Å²) in [5, 5.41) is 5.35. The van der Waals surface area contributed by atoms with E-state index in [1.54, 1.807) is 0 Å². The molecule has 1 saturated heterocycles. The van der Waals surface area contributed by atoms with Gasteiger partial charge in [-0.05, 0) is 25.2 Å². The Morgan fingerprint density at radius 1 is 1.24 bits per heavy atom. The summed E-state index contributed by atoms with van der Waals surface area (Å²) in [6.45, 7) is 6.22. The van der Waals surface area contributed by atoms with Crippen LogP contribution in [0.25, 0.3) is 0 Å². The molecule has 1 fully saturated rings. The average Bonchev–Trinajstić information content (AvgIpc) is 2.52. The van der Waals surface area contributed by atoms with Crippen molar-refractivity contribution in [1.82, 2.24) is 14.9 Å². The molecule has 148 valence electrons. The van der Waals surface area contributed by atoms with Crippen LogP contribution in [0.1, 0.15) is 40.0 Å². The minimum atomic E-state index is -3.17. The number of piperidine rings is 1. The zero-order chi connectivity index (χ0) is 18.3. The van der Waals surface area contributed by atoms with E-state index in [0.29, 0.717) is 32.4 Å². The van der Waals surface area contributed by atoms with Gasteiger partial charge in [0.05, 0.1) is 18.3 Å². The lowest BCUT2D eigenvalue weighted by Gasteiger charge is -2.31. The lowest BCUT2D eigenvalue weighted by Crippen LogP contribution is -2.51. The van der Waals surface area contributed by atoms with E-state index in [1.165, 1.54) is 4.31 Å². The van der Waals surface area contributed by atoms with E-state index in [-0.39, 0.29) is 48.5 Å². The molecule has 0 aromatic rings. The number of hydrogen-bond acceptors (Lipinski definition) is 5. The van der Waals surface area contributed by atoms with Crippen LogP contribution >= 0.6 is 12.4 Å². The molecule has 1 aliphatic heterocycles. The largest absolute Gasteiger partial charge is 0.352 e. The van der Waals surface area contributed by atoms with E-state index >= 15 is 0 Å². The van der Waals surface area contributed by atoms with Crippen molar-refractivity contribution in [1.29, 1.82) is 0 Å². The minimum Gasteiger partial charge on any atom is -0.352 e. The maximum atomic E-state index is 12.0. The smallest absolute Gasteiger partial charge is 0.239 e. The first-order valence-corrected chi connectivity index (χ1v) is 10.1. The lowest BCUT2D eigenvalue weighted by atomic mass is 10.1. The number of carbonyl (C=O) groups is 2. The average molecular weight is 399 g/mol. The molecular weight excluding hydrogens is 368 g/mol. The van der Waals surface area contributed by atoms with E-state index < -0.39 is 16.1 Å². The van der Waals surface area contributed by atoms with Gasteiger partial charge in [-0.2, -0.15) is 0 Å². The monoisotopic (exact) mass is 398 g/mol. The third kappa shape index (κ3) is 7.89. The zero-order valence-corrected chi connectivity index (χ0v) is 16.8. The van der Waals surface area contributed by atoms with Crippen molar-refractivity contribution in [2.75, 3.05) is 25.4 Å². The summed E-state index contributed by atoms with van der Waals surface area (Å²) < 4.78 is 25.5. The van der Waals surface area contributed by atoms with Crippen molar-refractivity contribution in [2.24, 2.45) is 11.7 Å². The third-order valence-corrected chi connectivity index (χ3v) is 6.19. The van der Waals surface area contributed by atoms with Gasteiger partial charge in [0.15, 0.2) is 0 Å². The van der Waals surface area contributed by atoms with Crippen LogP contribution in [0.3, 0.4) is 0 Å². The van der Waals surface area contributed by atoms with Gasteiger partial charge in [0.2, 0.25) is 21.8 Å². The first kappa shape index (κ1) is 24.1. The molecule has 0 aromatic heterocycles. The third-order valence-electron chi connectivity index (χ3n) is 4.12. The number of nitrogens with two attached hydrogens (primary N) is 1. The van der Waals surface area contributed by atoms with E-state index in [1.807, 2.05) is 20.8 Å². The van der Waals surface area contributed by atoms with Gasteiger partial charge in [-0.25, -0.2) is 12.7 Å². The molecular formula is C15H31ClN4O4S. The molecule has 0 bridgehead atoms. The van der Waals surface area contributed by atoms with E-state index in [0.717, 1.165) is 0 Å². The molecule has 1 aliphatic rings. The van der Waals surface area contributed by atoms with E-state index in [2.05, 4.69) is 10.6 Å². The number of nitrogens with one attached hydrogen (secondary N) is 2. The predicted octanol–water partition coefficient (Wildman–Crippen LogP) is -0.172. The highest BCUT2D eigenvalue weighted by molar-refractivity contribution is 7.89. The fourth-order valence-electron chi connectivity index (χ4n) is 2.53. The predicted molar refractivity (Wildman–Crippen MR) is 99.9 cm³/mol. The van der Waals surface area contributed by atoms with Gasteiger partial charge in [-0.3, -0.25) is 9.59 Å². The Bertz CT molecular complexity index is 534. The second-order valence-corrected chi connectivity index (χ2v) is 8.63.